The molecule has 1 heterocycles. The van der Waals surface area contributed by atoms with E-state index in [1.54, 1.807) is 0 Å². The van der Waals surface area contributed by atoms with Crippen molar-refractivity contribution in [2.45, 2.75) is 52.9 Å². The molecule has 1 aliphatic rings. The number of rotatable bonds is 4. The lowest BCUT2D eigenvalue weighted by Gasteiger charge is -2.22. The van der Waals surface area contributed by atoms with E-state index < -0.39 is 0 Å². The zero-order valence-electron chi connectivity index (χ0n) is 12.5. The van der Waals surface area contributed by atoms with E-state index in [-0.39, 0.29) is 5.41 Å². The van der Waals surface area contributed by atoms with Gasteiger partial charge < -0.3 is 5.32 Å². The minimum absolute atomic E-state index is 0.0322. The summed E-state index contributed by atoms with van der Waals surface area (Å²) >= 11 is 3.48. The van der Waals surface area contributed by atoms with Crippen molar-refractivity contribution < 1.29 is 0 Å². The molecule has 4 heteroatoms. The Kier molecular flexibility index (Phi) is 3.92. The average Bonchev–Trinajstić information content (AvgIpc) is 3.05. The van der Waals surface area contributed by atoms with Crippen molar-refractivity contribution in [3.05, 3.63) is 16.5 Å². The summed E-state index contributed by atoms with van der Waals surface area (Å²) in [6.07, 6.45) is 2.66. The lowest BCUT2D eigenvalue weighted by Crippen LogP contribution is -2.23. The van der Waals surface area contributed by atoms with Gasteiger partial charge in [-0.1, -0.05) is 34.6 Å². The highest BCUT2D eigenvalue weighted by molar-refractivity contribution is 9.10. The Labute approximate surface area is 124 Å². The van der Waals surface area contributed by atoms with Crippen LogP contribution in [-0.4, -0.2) is 16.5 Å². The van der Waals surface area contributed by atoms with Crippen LogP contribution in [0.2, 0.25) is 0 Å². The summed E-state index contributed by atoms with van der Waals surface area (Å²) < 4.78 is 0.851. The summed E-state index contributed by atoms with van der Waals surface area (Å²) in [5, 5.41) is 3.50. The van der Waals surface area contributed by atoms with Gasteiger partial charge >= 0.3 is 0 Å². The van der Waals surface area contributed by atoms with Crippen molar-refractivity contribution >= 4 is 21.7 Å². The Bertz CT molecular complexity index is 459. The van der Waals surface area contributed by atoms with Gasteiger partial charge in [-0.3, -0.25) is 0 Å². The first-order valence-electron chi connectivity index (χ1n) is 7.02. The van der Waals surface area contributed by atoms with E-state index in [2.05, 4.69) is 65.8 Å². The predicted octanol–water partition coefficient (Wildman–Crippen LogP) is 4.38. The van der Waals surface area contributed by atoms with E-state index in [4.69, 9.17) is 0 Å². The molecule has 0 unspecified atom stereocenters. The van der Waals surface area contributed by atoms with Gasteiger partial charge in [0.25, 0.3) is 0 Å². The maximum absolute atomic E-state index is 4.64. The fourth-order valence-corrected chi connectivity index (χ4v) is 2.61. The quantitative estimate of drug-likeness (QED) is 0.834. The number of nitrogens with one attached hydrogen (secondary N) is 1. The molecule has 1 aromatic heterocycles. The first kappa shape index (κ1) is 14.8. The van der Waals surface area contributed by atoms with Gasteiger partial charge in [0.05, 0.1) is 0 Å². The van der Waals surface area contributed by atoms with Crippen LogP contribution in [-0.2, 0) is 5.41 Å². The lowest BCUT2D eigenvalue weighted by atomic mass is 9.92. The number of hydrogen-bond donors (Lipinski definition) is 1. The van der Waals surface area contributed by atoms with Crippen LogP contribution >= 0.6 is 15.9 Å². The van der Waals surface area contributed by atoms with E-state index >= 15 is 0 Å². The highest BCUT2D eigenvalue weighted by Gasteiger charge is 2.45. The Balaban J connectivity index is 2.11. The van der Waals surface area contributed by atoms with Gasteiger partial charge in [-0.25, -0.2) is 9.97 Å². The maximum atomic E-state index is 4.64. The third kappa shape index (κ3) is 3.47. The number of hydrogen-bond acceptors (Lipinski definition) is 3. The van der Waals surface area contributed by atoms with Crippen LogP contribution in [0.5, 0.6) is 0 Å². The molecule has 1 fully saturated rings. The molecule has 0 atom stereocenters. The van der Waals surface area contributed by atoms with Gasteiger partial charge in [0.15, 0.2) is 0 Å². The topological polar surface area (TPSA) is 37.8 Å². The fourth-order valence-electron chi connectivity index (χ4n) is 2.23. The second-order valence-corrected chi connectivity index (χ2v) is 7.83. The zero-order chi connectivity index (χ0) is 14.3. The molecule has 0 spiro atoms. The van der Waals surface area contributed by atoms with Gasteiger partial charge in [-0.2, -0.15) is 0 Å². The van der Waals surface area contributed by atoms with Gasteiger partial charge in [-0.05, 0) is 40.1 Å². The van der Waals surface area contributed by atoms with E-state index in [1.165, 1.54) is 12.8 Å². The predicted molar refractivity (Wildman–Crippen MR) is 83.4 cm³/mol. The summed E-state index contributed by atoms with van der Waals surface area (Å²) in [4.78, 5) is 9.11. The summed E-state index contributed by atoms with van der Waals surface area (Å²) in [6, 6.07) is 1.96. The third-order valence-corrected chi connectivity index (χ3v) is 4.51. The molecule has 1 aromatic rings. The molecule has 0 bridgehead atoms. The zero-order valence-corrected chi connectivity index (χ0v) is 14.1. The van der Waals surface area contributed by atoms with Crippen LogP contribution in [0.1, 0.15) is 53.3 Å². The van der Waals surface area contributed by atoms with Crippen LogP contribution in [0, 0.1) is 11.3 Å². The monoisotopic (exact) mass is 325 g/mol. The molecule has 1 aliphatic carbocycles. The Morgan fingerprint density at radius 1 is 1.32 bits per heavy atom. The highest BCUT2D eigenvalue weighted by Crippen LogP contribution is 2.51. The van der Waals surface area contributed by atoms with Crippen molar-refractivity contribution in [1.29, 1.82) is 0 Å². The summed E-state index contributed by atoms with van der Waals surface area (Å²) in [5.41, 5.74) is 0.453. The molecule has 1 saturated carbocycles. The third-order valence-electron chi connectivity index (χ3n) is 4.10. The highest BCUT2D eigenvalue weighted by atomic mass is 79.9. The smallest absolute Gasteiger partial charge is 0.137 e. The summed E-state index contributed by atoms with van der Waals surface area (Å²) in [5.74, 6) is 2.53. The van der Waals surface area contributed by atoms with Gasteiger partial charge in [-0.15, -0.1) is 0 Å². The maximum Gasteiger partial charge on any atom is 0.137 e. The minimum Gasteiger partial charge on any atom is -0.369 e. The SMILES string of the molecule is CC(C)C1(CNc2cc(Br)nc(C(C)(C)C)n2)CC1. The number of nitrogens with zero attached hydrogens (tertiary/aromatic N) is 2. The van der Waals surface area contributed by atoms with Crippen LogP contribution in [0.15, 0.2) is 10.7 Å². The van der Waals surface area contributed by atoms with E-state index in [0.29, 0.717) is 5.41 Å². The summed E-state index contributed by atoms with van der Waals surface area (Å²) in [7, 11) is 0. The largest absolute Gasteiger partial charge is 0.369 e. The molecular weight excluding hydrogens is 302 g/mol. The first-order chi connectivity index (χ1) is 8.73. The average molecular weight is 326 g/mol. The number of anilines is 1. The Hall–Kier alpha value is -0.640. The van der Waals surface area contributed by atoms with Crippen molar-refractivity contribution in [3.63, 3.8) is 0 Å². The van der Waals surface area contributed by atoms with Gasteiger partial charge in [0, 0.05) is 18.0 Å². The molecular formula is C15H24BrN3. The fraction of sp³-hybridized carbons (Fsp3) is 0.733. The Morgan fingerprint density at radius 2 is 1.95 bits per heavy atom. The van der Waals surface area contributed by atoms with E-state index in [0.717, 1.165) is 28.7 Å². The van der Waals surface area contributed by atoms with Crippen molar-refractivity contribution in [1.82, 2.24) is 9.97 Å². The van der Waals surface area contributed by atoms with Crippen LogP contribution in [0.4, 0.5) is 5.82 Å². The minimum atomic E-state index is -0.0322. The van der Waals surface area contributed by atoms with Crippen molar-refractivity contribution in [2.75, 3.05) is 11.9 Å². The van der Waals surface area contributed by atoms with E-state index in [1.807, 2.05) is 6.07 Å². The molecule has 0 radical (unpaired) electrons. The molecule has 3 nitrogen and oxygen atoms in total. The molecule has 0 amide bonds. The molecule has 0 aromatic carbocycles. The normalized spacial score (nSPS) is 17.6. The standard InChI is InChI=1S/C15H24BrN3/c1-10(2)15(6-7-15)9-17-12-8-11(16)18-13(19-12)14(3,4)5/h8,10H,6-7,9H2,1-5H3,(H,17,18,19). The number of halogens is 1. The molecule has 0 saturated heterocycles. The second-order valence-electron chi connectivity index (χ2n) is 7.02. The van der Waals surface area contributed by atoms with E-state index in [9.17, 15) is 0 Å². The Morgan fingerprint density at radius 3 is 2.42 bits per heavy atom. The molecule has 19 heavy (non-hydrogen) atoms. The summed E-state index contributed by atoms with van der Waals surface area (Å²) in [6.45, 7) is 12.0. The number of aromatic nitrogens is 2. The van der Waals surface area contributed by atoms with Gasteiger partial charge in [0.1, 0.15) is 16.2 Å². The molecule has 0 aliphatic heterocycles. The molecule has 106 valence electrons. The van der Waals surface area contributed by atoms with Crippen LogP contribution < -0.4 is 5.32 Å². The molecule has 1 N–H and O–H groups in total. The molecule has 2 rings (SSSR count). The second kappa shape index (κ2) is 5.04. The van der Waals surface area contributed by atoms with Crippen LogP contribution in [0.25, 0.3) is 0 Å². The van der Waals surface area contributed by atoms with Crippen LogP contribution in [0.3, 0.4) is 0 Å². The van der Waals surface area contributed by atoms with Gasteiger partial charge in [0.2, 0.25) is 0 Å². The lowest BCUT2D eigenvalue weighted by molar-refractivity contribution is 0.379. The van der Waals surface area contributed by atoms with Crippen molar-refractivity contribution in [3.8, 4) is 0 Å². The van der Waals surface area contributed by atoms with Crippen molar-refractivity contribution in [2.24, 2.45) is 11.3 Å². The first-order valence-corrected chi connectivity index (χ1v) is 7.81.